The van der Waals surface area contributed by atoms with Gasteiger partial charge in [0.15, 0.2) is 11.5 Å². The van der Waals surface area contributed by atoms with Crippen molar-refractivity contribution in [3.63, 3.8) is 0 Å². The molecule has 0 bridgehead atoms. The van der Waals surface area contributed by atoms with Gasteiger partial charge >= 0.3 is 0 Å². The van der Waals surface area contributed by atoms with E-state index in [1.165, 1.54) is 16.1 Å². The van der Waals surface area contributed by atoms with Crippen LogP contribution >= 0.6 is 0 Å². The van der Waals surface area contributed by atoms with Crippen LogP contribution in [-0.2, 0) is 27.8 Å². The molecule has 0 atom stereocenters. The third-order valence-corrected chi connectivity index (χ3v) is 6.59. The van der Waals surface area contributed by atoms with E-state index in [1.54, 1.807) is 0 Å². The second kappa shape index (κ2) is 6.17. The number of carbonyl (C=O) groups is 1. The topological polar surface area (TPSA) is 76.2 Å². The number of sulfonamides is 1. The minimum absolute atomic E-state index is 0.0893. The van der Waals surface area contributed by atoms with E-state index >= 15 is 0 Å². The molecular formula is C17H22N2O5S. The fourth-order valence-corrected chi connectivity index (χ4v) is 4.70. The van der Waals surface area contributed by atoms with Gasteiger partial charge in [-0.2, -0.15) is 0 Å². The maximum Gasteiger partial charge on any atom is 0.231 e. The Morgan fingerprint density at radius 2 is 1.72 bits per heavy atom. The van der Waals surface area contributed by atoms with Crippen LogP contribution in [0.1, 0.15) is 24.0 Å². The first-order chi connectivity index (χ1) is 11.9. The molecule has 0 saturated carbocycles. The van der Waals surface area contributed by atoms with E-state index in [9.17, 15) is 13.2 Å². The van der Waals surface area contributed by atoms with Crippen molar-refractivity contribution >= 4 is 15.9 Å². The fraction of sp³-hybridized carbons (Fsp3) is 0.588. The highest BCUT2D eigenvalue weighted by molar-refractivity contribution is 7.88. The van der Waals surface area contributed by atoms with Gasteiger partial charge in [0.05, 0.1) is 6.26 Å². The van der Waals surface area contributed by atoms with Crippen molar-refractivity contribution in [2.45, 2.75) is 25.8 Å². The van der Waals surface area contributed by atoms with E-state index in [1.807, 2.05) is 17.0 Å². The number of hydrogen-bond donors (Lipinski definition) is 0. The Labute approximate surface area is 147 Å². The van der Waals surface area contributed by atoms with Gasteiger partial charge in [0, 0.05) is 32.1 Å². The normalized spacial score (nSPS) is 21.2. The molecule has 4 rings (SSSR count). The minimum Gasteiger partial charge on any atom is -0.454 e. The van der Waals surface area contributed by atoms with Gasteiger partial charge in [0.2, 0.25) is 22.7 Å². The van der Waals surface area contributed by atoms with Gasteiger partial charge in [-0.15, -0.1) is 0 Å². The zero-order valence-electron chi connectivity index (χ0n) is 14.2. The van der Waals surface area contributed by atoms with Crippen LogP contribution in [0.5, 0.6) is 11.5 Å². The van der Waals surface area contributed by atoms with Gasteiger partial charge in [0.25, 0.3) is 0 Å². The van der Waals surface area contributed by atoms with Crippen LogP contribution in [0.2, 0.25) is 0 Å². The Kier molecular flexibility index (Phi) is 4.11. The van der Waals surface area contributed by atoms with Crippen molar-refractivity contribution in [1.29, 1.82) is 0 Å². The summed E-state index contributed by atoms with van der Waals surface area (Å²) in [6.45, 7) is 2.38. The summed E-state index contributed by atoms with van der Waals surface area (Å²) in [7, 11) is -3.16. The van der Waals surface area contributed by atoms with Crippen molar-refractivity contribution in [1.82, 2.24) is 9.21 Å². The first kappa shape index (κ1) is 16.7. The molecule has 0 aliphatic carbocycles. The Balaban J connectivity index is 1.43. The molecule has 8 heteroatoms. The lowest BCUT2D eigenvalue weighted by molar-refractivity contribution is -0.137. The number of piperidine rings is 1. The summed E-state index contributed by atoms with van der Waals surface area (Å²) in [5.41, 5.74) is 2.32. The monoisotopic (exact) mass is 366 g/mol. The number of fused-ring (bicyclic) bond motifs is 2. The molecule has 7 nitrogen and oxygen atoms in total. The van der Waals surface area contributed by atoms with Crippen molar-refractivity contribution in [2.75, 3.05) is 32.7 Å². The molecule has 1 aromatic rings. The lowest BCUT2D eigenvalue weighted by Gasteiger charge is -2.35. The summed E-state index contributed by atoms with van der Waals surface area (Å²) in [5.74, 6) is 1.58. The van der Waals surface area contributed by atoms with Gasteiger partial charge in [-0.25, -0.2) is 12.7 Å². The van der Waals surface area contributed by atoms with E-state index in [4.69, 9.17) is 9.47 Å². The Bertz CT molecular complexity index is 800. The smallest absolute Gasteiger partial charge is 0.231 e. The predicted molar refractivity (Wildman–Crippen MR) is 90.8 cm³/mol. The third-order valence-electron chi connectivity index (χ3n) is 5.29. The summed E-state index contributed by atoms with van der Waals surface area (Å²) in [6, 6.07) is 3.99. The van der Waals surface area contributed by atoms with Crippen LogP contribution in [0.15, 0.2) is 12.1 Å². The highest BCUT2D eigenvalue weighted by Gasteiger charge is 2.33. The molecule has 3 aliphatic rings. The molecule has 1 fully saturated rings. The molecule has 0 radical (unpaired) electrons. The summed E-state index contributed by atoms with van der Waals surface area (Å²) < 4.78 is 35.5. The molecule has 1 saturated heterocycles. The molecule has 3 aliphatic heterocycles. The average Bonchev–Trinajstić information content (AvgIpc) is 3.05. The molecule has 3 heterocycles. The number of amides is 1. The Morgan fingerprint density at radius 3 is 2.36 bits per heavy atom. The molecule has 0 unspecified atom stereocenters. The summed E-state index contributed by atoms with van der Waals surface area (Å²) in [5, 5.41) is 0. The van der Waals surface area contributed by atoms with Crippen LogP contribution in [0.25, 0.3) is 0 Å². The molecule has 136 valence electrons. The number of carbonyl (C=O) groups excluding carboxylic acids is 1. The molecule has 1 amide bonds. The van der Waals surface area contributed by atoms with Crippen LogP contribution in [-0.4, -0.2) is 56.2 Å². The minimum atomic E-state index is -3.16. The largest absolute Gasteiger partial charge is 0.454 e. The van der Waals surface area contributed by atoms with E-state index in [-0.39, 0.29) is 18.6 Å². The van der Waals surface area contributed by atoms with Crippen LogP contribution in [0, 0.1) is 5.92 Å². The molecule has 25 heavy (non-hydrogen) atoms. The molecule has 1 aromatic carbocycles. The predicted octanol–water partition coefficient (Wildman–Crippen LogP) is 0.972. The SMILES string of the molecule is CS(=O)(=O)N1CCC(C(=O)N2CCc3cc4c(cc3C2)OCO4)CC1. The van der Waals surface area contributed by atoms with Gasteiger partial charge in [0.1, 0.15) is 0 Å². The average molecular weight is 366 g/mol. The van der Waals surface area contributed by atoms with Gasteiger partial charge < -0.3 is 14.4 Å². The maximum atomic E-state index is 12.9. The zero-order chi connectivity index (χ0) is 17.6. The van der Waals surface area contributed by atoms with Crippen molar-refractivity contribution in [3.05, 3.63) is 23.3 Å². The van der Waals surface area contributed by atoms with Crippen LogP contribution in [0.3, 0.4) is 0 Å². The molecule has 0 aromatic heterocycles. The highest BCUT2D eigenvalue weighted by atomic mass is 32.2. The second-order valence-electron chi connectivity index (χ2n) is 6.92. The number of rotatable bonds is 2. The molecule has 0 spiro atoms. The second-order valence-corrected chi connectivity index (χ2v) is 8.90. The highest BCUT2D eigenvalue weighted by Crippen LogP contribution is 2.37. The van der Waals surface area contributed by atoms with E-state index in [2.05, 4.69) is 0 Å². The standard InChI is InChI=1S/C17H22N2O5S/c1-25(21,22)19-6-3-12(4-7-19)17(20)18-5-2-13-8-15-16(24-11-23-15)9-14(13)10-18/h8-9,12H,2-7,10-11H2,1H3. The first-order valence-electron chi connectivity index (χ1n) is 8.57. The summed E-state index contributed by atoms with van der Waals surface area (Å²) in [6.07, 6.45) is 3.22. The third kappa shape index (κ3) is 3.20. The lowest BCUT2D eigenvalue weighted by Crippen LogP contribution is -2.45. The molecule has 0 N–H and O–H groups in total. The van der Waals surface area contributed by atoms with Gasteiger partial charge in [-0.05, 0) is 42.5 Å². The van der Waals surface area contributed by atoms with E-state index in [0.717, 1.165) is 23.5 Å². The molecular weight excluding hydrogens is 344 g/mol. The van der Waals surface area contributed by atoms with Crippen molar-refractivity contribution < 1.29 is 22.7 Å². The van der Waals surface area contributed by atoms with Crippen molar-refractivity contribution in [3.8, 4) is 11.5 Å². The zero-order valence-corrected chi connectivity index (χ0v) is 15.0. The summed E-state index contributed by atoms with van der Waals surface area (Å²) >= 11 is 0. The van der Waals surface area contributed by atoms with Crippen LogP contribution in [0.4, 0.5) is 0 Å². The number of hydrogen-bond acceptors (Lipinski definition) is 5. The van der Waals surface area contributed by atoms with E-state index in [0.29, 0.717) is 39.0 Å². The Hall–Kier alpha value is -1.80. The van der Waals surface area contributed by atoms with Gasteiger partial charge in [-0.1, -0.05) is 0 Å². The lowest BCUT2D eigenvalue weighted by atomic mass is 9.93. The van der Waals surface area contributed by atoms with Crippen LogP contribution < -0.4 is 9.47 Å². The Morgan fingerprint density at radius 1 is 1.08 bits per heavy atom. The number of nitrogens with zero attached hydrogens (tertiary/aromatic N) is 2. The number of ether oxygens (including phenoxy) is 2. The van der Waals surface area contributed by atoms with Gasteiger partial charge in [-0.3, -0.25) is 4.79 Å². The fourth-order valence-electron chi connectivity index (χ4n) is 3.83. The van der Waals surface area contributed by atoms with Crippen molar-refractivity contribution in [2.24, 2.45) is 5.92 Å². The quantitative estimate of drug-likeness (QED) is 0.780. The summed E-state index contributed by atoms with van der Waals surface area (Å²) in [4.78, 5) is 14.7. The maximum absolute atomic E-state index is 12.9. The first-order valence-corrected chi connectivity index (χ1v) is 10.4. The van der Waals surface area contributed by atoms with E-state index < -0.39 is 10.0 Å². The number of benzene rings is 1.